The number of rotatable bonds is 2. The minimum atomic E-state index is -0.168. The molecule has 2 amide bonds. The highest BCUT2D eigenvalue weighted by Gasteiger charge is 2.41. The van der Waals surface area contributed by atoms with E-state index in [-0.39, 0.29) is 11.4 Å². The zero-order valence-electron chi connectivity index (χ0n) is 13.0. The first-order valence-corrected chi connectivity index (χ1v) is 8.45. The zero-order valence-corrected chi connectivity index (χ0v) is 14.5. The number of methoxy groups -OCH3 is 1. The highest BCUT2D eigenvalue weighted by atomic mass is 35.5. The molecule has 23 heavy (non-hydrogen) atoms. The van der Waals surface area contributed by atoms with Gasteiger partial charge in [-0.15, -0.1) is 0 Å². The smallest absolute Gasteiger partial charge is 0.322 e. The lowest BCUT2D eigenvalue weighted by molar-refractivity contribution is 0.0130. The molecular weight excluding hydrogens is 339 g/mol. The Bertz CT molecular complexity index is 605. The van der Waals surface area contributed by atoms with Crippen LogP contribution >= 0.6 is 23.2 Å². The molecule has 3 rings (SSSR count). The van der Waals surface area contributed by atoms with Gasteiger partial charge in [0.25, 0.3) is 0 Å². The van der Waals surface area contributed by atoms with Gasteiger partial charge in [0.05, 0.1) is 36.1 Å². The SMILES string of the molecule is COc1cc(Cl)c(Cl)cc1NC(=O)N1CCOCC2(CCC2)C1. The van der Waals surface area contributed by atoms with Crippen LogP contribution in [0.1, 0.15) is 19.3 Å². The normalized spacial score (nSPS) is 19.9. The Morgan fingerprint density at radius 1 is 1.35 bits per heavy atom. The molecule has 2 aliphatic rings. The van der Waals surface area contributed by atoms with Gasteiger partial charge >= 0.3 is 6.03 Å². The maximum Gasteiger partial charge on any atom is 0.322 e. The van der Waals surface area contributed by atoms with Crippen molar-refractivity contribution in [2.45, 2.75) is 19.3 Å². The largest absolute Gasteiger partial charge is 0.495 e. The Morgan fingerprint density at radius 2 is 2.09 bits per heavy atom. The van der Waals surface area contributed by atoms with Crippen molar-refractivity contribution in [3.05, 3.63) is 22.2 Å². The topological polar surface area (TPSA) is 50.8 Å². The van der Waals surface area contributed by atoms with Crippen LogP contribution in [0.2, 0.25) is 10.0 Å². The molecule has 1 saturated heterocycles. The van der Waals surface area contributed by atoms with Crippen LogP contribution < -0.4 is 10.1 Å². The Kier molecular flexibility index (Phi) is 4.90. The minimum absolute atomic E-state index is 0.134. The van der Waals surface area contributed by atoms with Gasteiger partial charge in [-0.2, -0.15) is 0 Å². The van der Waals surface area contributed by atoms with Crippen molar-refractivity contribution >= 4 is 34.9 Å². The standard InChI is InChI=1S/C16H20Cl2N2O3/c1-22-14-8-12(18)11(17)7-13(14)19-15(21)20-5-6-23-10-16(9-20)3-2-4-16/h7-8H,2-6,9-10H2,1H3,(H,19,21). The van der Waals surface area contributed by atoms with Crippen LogP contribution in [0.5, 0.6) is 5.75 Å². The van der Waals surface area contributed by atoms with Crippen LogP contribution in [0.15, 0.2) is 12.1 Å². The van der Waals surface area contributed by atoms with E-state index >= 15 is 0 Å². The molecule has 126 valence electrons. The average molecular weight is 359 g/mol. The molecule has 0 bridgehead atoms. The van der Waals surface area contributed by atoms with Gasteiger partial charge in [-0.05, 0) is 18.9 Å². The molecule has 0 unspecified atom stereocenters. The van der Waals surface area contributed by atoms with E-state index in [1.54, 1.807) is 12.1 Å². The Morgan fingerprint density at radius 3 is 2.74 bits per heavy atom. The lowest BCUT2D eigenvalue weighted by atomic mass is 9.69. The average Bonchev–Trinajstić information content (AvgIpc) is 2.73. The number of carbonyl (C=O) groups excluding carboxylic acids is 1. The van der Waals surface area contributed by atoms with Gasteiger partial charge in [-0.1, -0.05) is 29.6 Å². The van der Waals surface area contributed by atoms with Crippen molar-refractivity contribution in [1.82, 2.24) is 4.90 Å². The molecular formula is C16H20Cl2N2O3. The summed E-state index contributed by atoms with van der Waals surface area (Å²) in [4.78, 5) is 14.5. The van der Waals surface area contributed by atoms with Crippen LogP contribution in [0, 0.1) is 5.41 Å². The second-order valence-electron chi connectivity index (χ2n) is 6.22. The van der Waals surface area contributed by atoms with Crippen LogP contribution in [0.4, 0.5) is 10.5 Å². The van der Waals surface area contributed by atoms with Gasteiger partial charge < -0.3 is 19.7 Å². The van der Waals surface area contributed by atoms with E-state index in [1.807, 2.05) is 4.90 Å². The monoisotopic (exact) mass is 358 g/mol. The van der Waals surface area contributed by atoms with E-state index in [4.69, 9.17) is 32.7 Å². The predicted octanol–water partition coefficient (Wildman–Crippen LogP) is 4.04. The first-order valence-electron chi connectivity index (χ1n) is 7.70. The summed E-state index contributed by atoms with van der Waals surface area (Å²) in [6.45, 7) is 2.61. The van der Waals surface area contributed by atoms with Crippen molar-refractivity contribution in [3.8, 4) is 5.75 Å². The molecule has 1 spiro atoms. The Hall–Kier alpha value is -1.17. The number of ether oxygens (including phenoxy) is 2. The van der Waals surface area contributed by atoms with Gasteiger partial charge in [0.2, 0.25) is 0 Å². The molecule has 1 heterocycles. The van der Waals surface area contributed by atoms with E-state index in [0.29, 0.717) is 34.6 Å². The van der Waals surface area contributed by atoms with Crippen LogP contribution in [0.25, 0.3) is 0 Å². The second kappa shape index (κ2) is 6.75. The van der Waals surface area contributed by atoms with E-state index < -0.39 is 0 Å². The number of carbonyl (C=O) groups is 1. The number of amides is 2. The minimum Gasteiger partial charge on any atom is -0.495 e. The van der Waals surface area contributed by atoms with Gasteiger partial charge in [0, 0.05) is 24.6 Å². The van der Waals surface area contributed by atoms with Crippen molar-refractivity contribution in [1.29, 1.82) is 0 Å². The van der Waals surface area contributed by atoms with E-state index in [0.717, 1.165) is 26.0 Å². The summed E-state index contributed by atoms with van der Waals surface area (Å²) in [6.07, 6.45) is 3.44. The predicted molar refractivity (Wildman–Crippen MR) is 90.7 cm³/mol. The summed E-state index contributed by atoms with van der Waals surface area (Å²) in [5, 5.41) is 3.64. The van der Waals surface area contributed by atoms with Gasteiger partial charge in [-0.25, -0.2) is 4.79 Å². The van der Waals surface area contributed by atoms with E-state index in [1.165, 1.54) is 13.5 Å². The highest BCUT2D eigenvalue weighted by Crippen LogP contribution is 2.43. The molecule has 2 fully saturated rings. The molecule has 0 atom stereocenters. The third-order valence-electron chi connectivity index (χ3n) is 4.63. The van der Waals surface area contributed by atoms with E-state index in [2.05, 4.69) is 5.32 Å². The summed E-state index contributed by atoms with van der Waals surface area (Å²) in [7, 11) is 1.53. The lowest BCUT2D eigenvalue weighted by Crippen LogP contribution is -2.46. The fourth-order valence-electron chi connectivity index (χ4n) is 3.13. The highest BCUT2D eigenvalue weighted by molar-refractivity contribution is 6.42. The third-order valence-corrected chi connectivity index (χ3v) is 5.35. The summed E-state index contributed by atoms with van der Waals surface area (Å²) >= 11 is 12.0. The molecule has 7 heteroatoms. The van der Waals surface area contributed by atoms with Crippen LogP contribution in [0.3, 0.4) is 0 Å². The Labute approximate surface area is 145 Å². The first kappa shape index (κ1) is 16.7. The van der Waals surface area contributed by atoms with Crippen molar-refractivity contribution in [3.63, 3.8) is 0 Å². The number of nitrogens with one attached hydrogen (secondary N) is 1. The van der Waals surface area contributed by atoms with Crippen molar-refractivity contribution < 1.29 is 14.3 Å². The molecule has 1 N–H and O–H groups in total. The fraction of sp³-hybridized carbons (Fsp3) is 0.562. The number of anilines is 1. The molecule has 5 nitrogen and oxygen atoms in total. The summed E-state index contributed by atoms with van der Waals surface area (Å²) in [5.74, 6) is 0.483. The summed E-state index contributed by atoms with van der Waals surface area (Å²) < 4.78 is 10.9. The molecule has 1 saturated carbocycles. The fourth-order valence-corrected chi connectivity index (χ4v) is 3.45. The number of urea groups is 1. The van der Waals surface area contributed by atoms with Crippen LogP contribution in [-0.4, -0.2) is 44.3 Å². The molecule has 0 radical (unpaired) electrons. The number of nitrogens with zero attached hydrogens (tertiary/aromatic N) is 1. The van der Waals surface area contributed by atoms with Gasteiger partial charge in [0.15, 0.2) is 0 Å². The van der Waals surface area contributed by atoms with Crippen molar-refractivity contribution in [2.75, 3.05) is 38.7 Å². The van der Waals surface area contributed by atoms with Crippen molar-refractivity contribution in [2.24, 2.45) is 5.41 Å². The second-order valence-corrected chi connectivity index (χ2v) is 7.04. The third kappa shape index (κ3) is 3.52. The first-order chi connectivity index (χ1) is 11.0. The maximum atomic E-state index is 12.6. The molecule has 1 aromatic carbocycles. The van der Waals surface area contributed by atoms with Gasteiger partial charge in [0.1, 0.15) is 5.75 Å². The summed E-state index contributed by atoms with van der Waals surface area (Å²) in [5.41, 5.74) is 0.648. The quantitative estimate of drug-likeness (QED) is 0.867. The number of hydrogen-bond donors (Lipinski definition) is 1. The molecule has 0 aromatic heterocycles. The van der Waals surface area contributed by atoms with Crippen LogP contribution in [-0.2, 0) is 4.74 Å². The lowest BCUT2D eigenvalue weighted by Gasteiger charge is -2.42. The molecule has 1 aliphatic carbocycles. The van der Waals surface area contributed by atoms with Gasteiger partial charge in [-0.3, -0.25) is 0 Å². The molecule has 1 aliphatic heterocycles. The maximum absolute atomic E-state index is 12.6. The number of benzene rings is 1. The summed E-state index contributed by atoms with van der Waals surface area (Å²) in [6, 6.07) is 3.03. The van der Waals surface area contributed by atoms with E-state index in [9.17, 15) is 4.79 Å². The zero-order chi connectivity index (χ0) is 16.4. The number of halogens is 2. The molecule has 1 aromatic rings. The Balaban J connectivity index is 1.74. The number of hydrogen-bond acceptors (Lipinski definition) is 3.